The fourth-order valence-electron chi connectivity index (χ4n) is 2.49. The summed E-state index contributed by atoms with van der Waals surface area (Å²) in [4.78, 5) is 23.9. The standard InChI is InChI=1S/C23H30N2O4S2/c24-20(22(26)28-14-18-8-3-1-4-9-18)16-30-12-7-13-31-17-21(25)23(27)29-15-19-10-5-2-6-11-19/h1-6,8-11,20-21H,7,12-17,24-25H2. The highest BCUT2D eigenvalue weighted by Gasteiger charge is 2.16. The van der Waals surface area contributed by atoms with E-state index in [2.05, 4.69) is 0 Å². The van der Waals surface area contributed by atoms with Crippen LogP contribution < -0.4 is 11.5 Å². The van der Waals surface area contributed by atoms with E-state index in [0.717, 1.165) is 29.1 Å². The van der Waals surface area contributed by atoms with Gasteiger partial charge in [0, 0.05) is 11.5 Å². The highest BCUT2D eigenvalue weighted by Crippen LogP contribution is 2.11. The van der Waals surface area contributed by atoms with E-state index in [-0.39, 0.29) is 25.2 Å². The minimum atomic E-state index is -0.630. The molecule has 0 aromatic heterocycles. The topological polar surface area (TPSA) is 105 Å². The van der Waals surface area contributed by atoms with Crippen molar-refractivity contribution in [3.8, 4) is 0 Å². The van der Waals surface area contributed by atoms with E-state index < -0.39 is 12.1 Å². The Kier molecular flexibility index (Phi) is 12.2. The largest absolute Gasteiger partial charge is 0.460 e. The van der Waals surface area contributed by atoms with Crippen molar-refractivity contribution in [2.24, 2.45) is 11.5 Å². The van der Waals surface area contributed by atoms with Crippen LogP contribution in [0, 0.1) is 0 Å². The first-order valence-electron chi connectivity index (χ1n) is 10.1. The molecule has 0 spiro atoms. The zero-order chi connectivity index (χ0) is 22.3. The van der Waals surface area contributed by atoms with Crippen LogP contribution in [0.2, 0.25) is 0 Å². The summed E-state index contributed by atoms with van der Waals surface area (Å²) in [6, 6.07) is 17.8. The maximum atomic E-state index is 11.9. The number of benzene rings is 2. The van der Waals surface area contributed by atoms with Crippen molar-refractivity contribution >= 4 is 35.5 Å². The van der Waals surface area contributed by atoms with Crippen molar-refractivity contribution in [1.82, 2.24) is 0 Å². The molecule has 168 valence electrons. The first kappa shape index (κ1) is 25.3. The van der Waals surface area contributed by atoms with Crippen molar-refractivity contribution < 1.29 is 19.1 Å². The van der Waals surface area contributed by atoms with Crippen LogP contribution >= 0.6 is 23.5 Å². The molecule has 0 radical (unpaired) electrons. The van der Waals surface area contributed by atoms with Crippen LogP contribution in [0.15, 0.2) is 60.7 Å². The van der Waals surface area contributed by atoms with E-state index in [9.17, 15) is 9.59 Å². The van der Waals surface area contributed by atoms with Crippen molar-refractivity contribution in [2.75, 3.05) is 23.0 Å². The van der Waals surface area contributed by atoms with Gasteiger partial charge in [-0.1, -0.05) is 60.7 Å². The number of thioether (sulfide) groups is 2. The lowest BCUT2D eigenvalue weighted by Gasteiger charge is -2.12. The van der Waals surface area contributed by atoms with Crippen LogP contribution in [0.1, 0.15) is 17.5 Å². The number of carbonyl (C=O) groups is 2. The maximum Gasteiger partial charge on any atom is 0.324 e. The van der Waals surface area contributed by atoms with E-state index in [0.29, 0.717) is 11.5 Å². The Hall–Kier alpha value is -2.00. The summed E-state index contributed by atoms with van der Waals surface area (Å²) in [7, 11) is 0. The molecule has 2 rings (SSSR count). The van der Waals surface area contributed by atoms with Gasteiger partial charge in [-0.05, 0) is 29.1 Å². The third kappa shape index (κ3) is 10.7. The quantitative estimate of drug-likeness (QED) is 0.326. The van der Waals surface area contributed by atoms with Gasteiger partial charge in [0.25, 0.3) is 0 Å². The molecule has 2 aromatic rings. The zero-order valence-corrected chi connectivity index (χ0v) is 19.1. The van der Waals surface area contributed by atoms with Crippen molar-refractivity contribution in [3.63, 3.8) is 0 Å². The Bertz CT molecular complexity index is 712. The normalized spacial score (nSPS) is 12.7. The predicted molar refractivity (Wildman–Crippen MR) is 128 cm³/mol. The van der Waals surface area contributed by atoms with Crippen LogP contribution in [0.25, 0.3) is 0 Å². The molecule has 0 aliphatic rings. The molecule has 2 aromatic carbocycles. The second kappa shape index (κ2) is 14.9. The second-order valence-corrected chi connectivity index (χ2v) is 9.20. The number of rotatable bonds is 14. The SMILES string of the molecule is NC(CSCCCSCC(N)C(=O)OCc1ccccc1)C(=O)OCc1ccccc1. The second-order valence-electron chi connectivity index (χ2n) is 6.90. The third-order valence-corrected chi connectivity index (χ3v) is 6.57. The predicted octanol–water partition coefficient (Wildman–Crippen LogP) is 2.98. The highest BCUT2D eigenvalue weighted by atomic mass is 32.2. The van der Waals surface area contributed by atoms with Gasteiger partial charge < -0.3 is 20.9 Å². The first-order valence-corrected chi connectivity index (χ1v) is 12.4. The van der Waals surface area contributed by atoms with Crippen LogP contribution in [0.4, 0.5) is 0 Å². The number of nitrogens with two attached hydrogens (primary N) is 2. The Morgan fingerprint density at radius 3 is 1.48 bits per heavy atom. The van der Waals surface area contributed by atoms with E-state index in [1.54, 1.807) is 23.5 Å². The number of ether oxygens (including phenoxy) is 2. The van der Waals surface area contributed by atoms with E-state index in [1.165, 1.54) is 0 Å². The fourth-order valence-corrected chi connectivity index (χ4v) is 4.48. The van der Waals surface area contributed by atoms with Gasteiger partial charge in [0.1, 0.15) is 25.3 Å². The summed E-state index contributed by atoms with van der Waals surface area (Å²) < 4.78 is 10.5. The summed E-state index contributed by atoms with van der Waals surface area (Å²) in [6.45, 7) is 0.478. The molecule has 0 saturated carbocycles. The molecule has 0 saturated heterocycles. The summed E-state index contributed by atoms with van der Waals surface area (Å²) in [6.07, 6.45) is 0.937. The molecule has 31 heavy (non-hydrogen) atoms. The molecule has 2 unspecified atom stereocenters. The van der Waals surface area contributed by atoms with Crippen LogP contribution in [-0.4, -0.2) is 47.0 Å². The molecular formula is C23H30N2O4S2. The van der Waals surface area contributed by atoms with Crippen LogP contribution in [0.5, 0.6) is 0 Å². The lowest BCUT2D eigenvalue weighted by atomic mass is 10.2. The molecule has 0 fully saturated rings. The summed E-state index contributed by atoms with van der Waals surface area (Å²) >= 11 is 3.24. The Morgan fingerprint density at radius 2 is 1.10 bits per heavy atom. The van der Waals surface area contributed by atoms with Crippen LogP contribution in [0.3, 0.4) is 0 Å². The molecule has 0 amide bonds. The number of esters is 2. The monoisotopic (exact) mass is 462 g/mol. The van der Waals surface area contributed by atoms with Gasteiger partial charge >= 0.3 is 11.9 Å². The van der Waals surface area contributed by atoms with Gasteiger partial charge in [0.15, 0.2) is 0 Å². The molecular weight excluding hydrogens is 432 g/mol. The Labute approximate surface area is 192 Å². The average Bonchev–Trinajstić information content (AvgIpc) is 2.81. The zero-order valence-electron chi connectivity index (χ0n) is 17.5. The van der Waals surface area contributed by atoms with E-state index >= 15 is 0 Å². The molecule has 6 nitrogen and oxygen atoms in total. The van der Waals surface area contributed by atoms with Crippen molar-refractivity contribution in [1.29, 1.82) is 0 Å². The lowest BCUT2D eigenvalue weighted by molar-refractivity contribution is -0.146. The summed E-state index contributed by atoms with van der Waals surface area (Å²) in [5.41, 5.74) is 13.7. The van der Waals surface area contributed by atoms with Crippen LogP contribution in [-0.2, 0) is 32.3 Å². The fraction of sp³-hybridized carbons (Fsp3) is 0.391. The van der Waals surface area contributed by atoms with Crippen molar-refractivity contribution in [3.05, 3.63) is 71.8 Å². The Balaban J connectivity index is 1.47. The molecule has 0 aliphatic carbocycles. The Morgan fingerprint density at radius 1 is 0.710 bits per heavy atom. The average molecular weight is 463 g/mol. The van der Waals surface area contributed by atoms with Gasteiger partial charge in [-0.3, -0.25) is 9.59 Å². The summed E-state index contributed by atoms with van der Waals surface area (Å²) in [5.74, 6) is 2.02. The third-order valence-electron chi connectivity index (χ3n) is 4.23. The molecule has 8 heteroatoms. The molecule has 0 aliphatic heterocycles. The minimum Gasteiger partial charge on any atom is -0.460 e. The summed E-state index contributed by atoms with van der Waals surface area (Å²) in [5, 5.41) is 0. The molecule has 2 atom stereocenters. The van der Waals surface area contributed by atoms with Crippen molar-refractivity contribution in [2.45, 2.75) is 31.7 Å². The van der Waals surface area contributed by atoms with Gasteiger partial charge in [0.05, 0.1) is 0 Å². The minimum absolute atomic E-state index is 0.239. The van der Waals surface area contributed by atoms with Gasteiger partial charge in [-0.25, -0.2) is 0 Å². The maximum absolute atomic E-state index is 11.9. The van der Waals surface area contributed by atoms with Gasteiger partial charge in [-0.15, -0.1) is 0 Å². The first-order chi connectivity index (χ1) is 15.1. The lowest BCUT2D eigenvalue weighted by Crippen LogP contribution is -2.34. The molecule has 0 heterocycles. The van der Waals surface area contributed by atoms with Gasteiger partial charge in [-0.2, -0.15) is 23.5 Å². The van der Waals surface area contributed by atoms with E-state index in [4.69, 9.17) is 20.9 Å². The highest BCUT2D eigenvalue weighted by molar-refractivity contribution is 8.00. The number of carbonyl (C=O) groups excluding carboxylic acids is 2. The molecule has 0 bridgehead atoms. The number of hydrogen-bond donors (Lipinski definition) is 2. The number of hydrogen-bond acceptors (Lipinski definition) is 8. The smallest absolute Gasteiger partial charge is 0.324 e. The van der Waals surface area contributed by atoms with Gasteiger partial charge in [0.2, 0.25) is 0 Å². The van der Waals surface area contributed by atoms with E-state index in [1.807, 2.05) is 60.7 Å². The molecule has 4 N–H and O–H groups in total.